The number of hydrogen-bond acceptors (Lipinski definition) is 6. The summed E-state index contributed by atoms with van der Waals surface area (Å²) in [6, 6.07) is 6.00. The third kappa shape index (κ3) is 4.48. The molecule has 0 atom stereocenters. The molecule has 0 fully saturated rings. The van der Waals surface area contributed by atoms with Crippen molar-refractivity contribution in [3.05, 3.63) is 57.7 Å². The van der Waals surface area contributed by atoms with E-state index in [1.807, 2.05) is 0 Å². The van der Waals surface area contributed by atoms with Crippen LogP contribution in [-0.4, -0.2) is 32.7 Å². The van der Waals surface area contributed by atoms with E-state index >= 15 is 0 Å². The summed E-state index contributed by atoms with van der Waals surface area (Å²) in [5.41, 5.74) is 1.05. The molecule has 0 spiro atoms. The summed E-state index contributed by atoms with van der Waals surface area (Å²) in [4.78, 5) is 25.2. The van der Waals surface area contributed by atoms with E-state index in [-0.39, 0.29) is 40.7 Å². The Labute approximate surface area is 165 Å². The molecule has 2 aromatic rings. The molecule has 1 aliphatic heterocycles. The Morgan fingerprint density at radius 2 is 2.07 bits per heavy atom. The molecule has 0 aliphatic carbocycles. The van der Waals surface area contributed by atoms with Crippen LogP contribution in [0.25, 0.3) is 6.08 Å². The molecule has 3 rings (SSSR count). The second kappa shape index (κ2) is 8.24. The first-order valence-electron chi connectivity index (χ1n) is 8.56. The molecule has 1 amide bonds. The molecule has 9 heteroatoms. The lowest BCUT2D eigenvalue weighted by atomic mass is 10.1. The molecule has 1 aromatic carbocycles. The summed E-state index contributed by atoms with van der Waals surface area (Å²) in [5.74, 6) is -1.84. The van der Waals surface area contributed by atoms with Gasteiger partial charge < -0.3 is 10.1 Å². The van der Waals surface area contributed by atoms with Crippen LogP contribution < -0.4 is 5.32 Å². The number of ether oxygens (including phenoxy) is 1. The number of benzene rings is 1. The van der Waals surface area contributed by atoms with Crippen molar-refractivity contribution in [1.82, 2.24) is 0 Å². The number of thiophene rings is 1. The minimum Gasteiger partial charge on any atom is -0.462 e. The zero-order valence-electron chi connectivity index (χ0n) is 15.0. The monoisotopic (exact) mass is 423 g/mol. The fourth-order valence-corrected chi connectivity index (χ4v) is 5.90. The van der Waals surface area contributed by atoms with Crippen molar-refractivity contribution in [2.45, 2.75) is 19.1 Å². The zero-order chi connectivity index (χ0) is 20.3. The van der Waals surface area contributed by atoms with Crippen LogP contribution in [0.5, 0.6) is 0 Å². The summed E-state index contributed by atoms with van der Waals surface area (Å²) in [6.07, 6.45) is 2.68. The fourth-order valence-electron chi connectivity index (χ4n) is 2.86. The van der Waals surface area contributed by atoms with Crippen molar-refractivity contribution in [1.29, 1.82) is 0 Å². The lowest BCUT2D eigenvalue weighted by molar-refractivity contribution is -0.111. The van der Waals surface area contributed by atoms with Crippen LogP contribution in [0, 0.1) is 5.82 Å². The lowest BCUT2D eigenvalue weighted by Crippen LogP contribution is -2.20. The van der Waals surface area contributed by atoms with Gasteiger partial charge in [0.2, 0.25) is 5.91 Å². The molecule has 0 saturated carbocycles. The number of fused-ring (bicyclic) bond motifs is 1. The van der Waals surface area contributed by atoms with Crippen LogP contribution in [0.15, 0.2) is 30.3 Å². The van der Waals surface area contributed by atoms with Gasteiger partial charge in [0, 0.05) is 16.5 Å². The first kappa shape index (κ1) is 20.2. The van der Waals surface area contributed by atoms with Crippen LogP contribution in [-0.2, 0) is 31.5 Å². The Morgan fingerprint density at radius 3 is 2.79 bits per heavy atom. The number of rotatable bonds is 5. The van der Waals surface area contributed by atoms with Crippen LogP contribution >= 0.6 is 11.3 Å². The second-order valence-corrected chi connectivity index (χ2v) is 9.40. The van der Waals surface area contributed by atoms with Gasteiger partial charge in [0.15, 0.2) is 9.84 Å². The number of hydrogen-bond donors (Lipinski definition) is 1. The molecule has 0 unspecified atom stereocenters. The quantitative estimate of drug-likeness (QED) is 0.589. The predicted molar refractivity (Wildman–Crippen MR) is 106 cm³/mol. The molecule has 6 nitrogen and oxygen atoms in total. The minimum atomic E-state index is -3.23. The van der Waals surface area contributed by atoms with Crippen LogP contribution in [0.4, 0.5) is 9.39 Å². The van der Waals surface area contributed by atoms with Gasteiger partial charge in [-0.1, -0.05) is 18.2 Å². The maximum absolute atomic E-state index is 13.7. The number of carbonyl (C=O) groups is 2. The van der Waals surface area contributed by atoms with Gasteiger partial charge in [-0.25, -0.2) is 17.6 Å². The van der Waals surface area contributed by atoms with Gasteiger partial charge in [-0.05, 0) is 31.1 Å². The van der Waals surface area contributed by atoms with Gasteiger partial charge in [-0.2, -0.15) is 0 Å². The first-order chi connectivity index (χ1) is 13.3. The normalized spacial score (nSPS) is 15.2. The van der Waals surface area contributed by atoms with Gasteiger partial charge >= 0.3 is 5.97 Å². The molecule has 2 heterocycles. The number of nitrogens with one attached hydrogen (secondary N) is 1. The Hall–Kier alpha value is -2.52. The number of carbonyl (C=O) groups excluding carboxylic acids is 2. The van der Waals surface area contributed by atoms with Gasteiger partial charge in [-0.3, -0.25) is 4.79 Å². The third-order valence-corrected chi connectivity index (χ3v) is 7.03. The summed E-state index contributed by atoms with van der Waals surface area (Å²) in [6.45, 7) is 1.82. The molecule has 0 bridgehead atoms. The van der Waals surface area contributed by atoms with E-state index in [9.17, 15) is 22.4 Å². The SMILES string of the molecule is CCOC(=O)c1c(NC(=O)/C=C/c2ccccc2F)sc2c1CCS(=O)(=O)C2. The van der Waals surface area contributed by atoms with Crippen molar-refractivity contribution < 1.29 is 27.1 Å². The van der Waals surface area contributed by atoms with E-state index in [0.29, 0.717) is 10.4 Å². The molecule has 0 radical (unpaired) electrons. The van der Waals surface area contributed by atoms with Crippen molar-refractivity contribution >= 4 is 44.1 Å². The summed E-state index contributed by atoms with van der Waals surface area (Å²) in [5, 5.41) is 2.84. The highest BCUT2D eigenvalue weighted by Crippen LogP contribution is 2.38. The molecule has 28 heavy (non-hydrogen) atoms. The van der Waals surface area contributed by atoms with Crippen LogP contribution in [0.2, 0.25) is 0 Å². The smallest absolute Gasteiger partial charge is 0.341 e. The number of sulfone groups is 1. The van der Waals surface area contributed by atoms with Crippen molar-refractivity contribution in [3.8, 4) is 0 Å². The largest absolute Gasteiger partial charge is 0.462 e. The molecule has 148 valence electrons. The Kier molecular flexibility index (Phi) is 5.95. The molecule has 0 saturated heterocycles. The lowest BCUT2D eigenvalue weighted by Gasteiger charge is -2.13. The molecule has 1 aliphatic rings. The van der Waals surface area contributed by atoms with E-state index in [1.54, 1.807) is 19.1 Å². The Bertz CT molecular complexity index is 1060. The van der Waals surface area contributed by atoms with Crippen molar-refractivity contribution in [3.63, 3.8) is 0 Å². The first-order valence-corrected chi connectivity index (χ1v) is 11.2. The van der Waals surface area contributed by atoms with Crippen LogP contribution in [0.3, 0.4) is 0 Å². The molecule has 1 aromatic heterocycles. The highest BCUT2D eigenvalue weighted by atomic mass is 32.2. The van der Waals surface area contributed by atoms with Crippen LogP contribution in [0.1, 0.15) is 33.3 Å². The summed E-state index contributed by atoms with van der Waals surface area (Å²) < 4.78 is 42.5. The highest BCUT2D eigenvalue weighted by molar-refractivity contribution is 7.90. The fraction of sp³-hybridized carbons (Fsp3) is 0.263. The number of amides is 1. The summed E-state index contributed by atoms with van der Waals surface area (Å²) in [7, 11) is -3.23. The average Bonchev–Trinajstić information content (AvgIpc) is 2.96. The number of anilines is 1. The van der Waals surface area contributed by atoms with E-state index in [2.05, 4.69) is 5.32 Å². The minimum absolute atomic E-state index is 0.0519. The van der Waals surface area contributed by atoms with E-state index < -0.39 is 27.5 Å². The van der Waals surface area contributed by atoms with Gasteiger partial charge in [0.1, 0.15) is 10.8 Å². The van der Waals surface area contributed by atoms with E-state index in [1.165, 1.54) is 18.2 Å². The third-order valence-electron chi connectivity index (χ3n) is 4.14. The standard InChI is InChI=1S/C19H18FNO5S2/c1-2-26-19(23)17-13-9-10-28(24,25)11-15(13)27-18(17)21-16(22)8-7-12-5-3-4-6-14(12)20/h3-8H,2,9-11H2,1H3,(H,21,22)/b8-7+. The second-order valence-electron chi connectivity index (χ2n) is 6.11. The van der Waals surface area contributed by atoms with Crippen molar-refractivity contribution in [2.75, 3.05) is 17.7 Å². The highest BCUT2D eigenvalue weighted by Gasteiger charge is 2.31. The Morgan fingerprint density at radius 1 is 1.32 bits per heavy atom. The molecular weight excluding hydrogens is 405 g/mol. The predicted octanol–water partition coefficient (Wildman–Crippen LogP) is 3.19. The van der Waals surface area contributed by atoms with Crippen molar-refractivity contribution in [2.24, 2.45) is 0 Å². The van der Waals surface area contributed by atoms with Gasteiger partial charge in [0.05, 0.1) is 23.7 Å². The Balaban J connectivity index is 1.88. The van der Waals surface area contributed by atoms with Gasteiger partial charge in [0.25, 0.3) is 0 Å². The zero-order valence-corrected chi connectivity index (χ0v) is 16.7. The van der Waals surface area contributed by atoms with E-state index in [4.69, 9.17) is 4.74 Å². The maximum atomic E-state index is 13.7. The maximum Gasteiger partial charge on any atom is 0.341 e. The molecule has 1 N–H and O–H groups in total. The van der Waals surface area contributed by atoms with E-state index in [0.717, 1.165) is 17.4 Å². The average molecular weight is 423 g/mol. The summed E-state index contributed by atoms with van der Waals surface area (Å²) >= 11 is 1.05. The number of esters is 1. The van der Waals surface area contributed by atoms with Gasteiger partial charge in [-0.15, -0.1) is 11.3 Å². The number of halogens is 1. The topological polar surface area (TPSA) is 89.5 Å². The molecular formula is C19H18FNO5S2.